The molecule has 5 heteroatoms. The minimum Gasteiger partial charge on any atom is -0.508 e. The Morgan fingerprint density at radius 1 is 1.19 bits per heavy atom. The fraction of sp³-hybridized carbons (Fsp3) is 0.312. The number of hydrogen-bond acceptors (Lipinski definition) is 3. The van der Waals surface area contributed by atoms with Crippen molar-refractivity contribution in [1.82, 2.24) is 4.90 Å². The van der Waals surface area contributed by atoms with Crippen LogP contribution in [-0.2, 0) is 0 Å². The molecule has 4 nitrogen and oxygen atoms in total. The number of aromatic hydroxyl groups is 1. The third-order valence-corrected chi connectivity index (χ3v) is 4.61. The molecule has 21 heavy (non-hydrogen) atoms. The summed E-state index contributed by atoms with van der Waals surface area (Å²) in [4.78, 5) is 14.2. The monoisotopic (exact) mass is 349 g/mol. The Morgan fingerprint density at radius 2 is 1.86 bits per heavy atom. The highest BCUT2D eigenvalue weighted by atomic mass is 79.9. The van der Waals surface area contributed by atoms with E-state index in [2.05, 4.69) is 15.9 Å². The highest BCUT2D eigenvalue weighted by molar-refractivity contribution is 9.10. The van der Waals surface area contributed by atoms with E-state index in [1.165, 1.54) is 11.8 Å². The van der Waals surface area contributed by atoms with Crippen LogP contribution in [0.5, 0.6) is 5.75 Å². The van der Waals surface area contributed by atoms with Gasteiger partial charge in [-0.1, -0.05) is 12.1 Å². The lowest BCUT2D eigenvalue weighted by molar-refractivity contribution is 0.0711. The molecule has 1 aromatic carbocycles. The van der Waals surface area contributed by atoms with Gasteiger partial charge in [0, 0.05) is 13.1 Å². The fourth-order valence-electron chi connectivity index (χ4n) is 2.78. The Kier molecular flexibility index (Phi) is 4.01. The average Bonchev–Trinajstić information content (AvgIpc) is 2.94. The predicted molar refractivity (Wildman–Crippen MR) is 82.4 cm³/mol. The van der Waals surface area contributed by atoms with Crippen LogP contribution in [-0.4, -0.2) is 29.0 Å². The lowest BCUT2D eigenvalue weighted by Gasteiger charge is -2.32. The van der Waals surface area contributed by atoms with Crippen LogP contribution < -0.4 is 0 Å². The van der Waals surface area contributed by atoms with E-state index < -0.39 is 0 Å². The summed E-state index contributed by atoms with van der Waals surface area (Å²) in [7, 11) is 0. The molecule has 1 aliphatic rings. The van der Waals surface area contributed by atoms with Crippen LogP contribution in [0.15, 0.2) is 45.7 Å². The maximum Gasteiger partial charge on any atom is 0.258 e. The number of furan rings is 1. The molecule has 1 saturated heterocycles. The lowest BCUT2D eigenvalue weighted by Crippen LogP contribution is -2.37. The molecule has 1 aromatic heterocycles. The average molecular weight is 350 g/mol. The molecule has 0 saturated carbocycles. The summed E-state index contributed by atoms with van der Waals surface area (Å²) in [5, 5.41) is 9.34. The molecule has 0 atom stereocenters. The van der Waals surface area contributed by atoms with Gasteiger partial charge in [0.25, 0.3) is 5.91 Å². The number of piperidine rings is 1. The van der Waals surface area contributed by atoms with Gasteiger partial charge >= 0.3 is 0 Å². The fourth-order valence-corrected chi connectivity index (χ4v) is 3.19. The van der Waals surface area contributed by atoms with E-state index in [4.69, 9.17) is 4.42 Å². The molecule has 3 rings (SSSR count). The first-order chi connectivity index (χ1) is 10.1. The highest BCUT2D eigenvalue weighted by Gasteiger charge is 2.26. The van der Waals surface area contributed by atoms with Crippen molar-refractivity contribution in [1.29, 1.82) is 0 Å². The van der Waals surface area contributed by atoms with Gasteiger partial charge in [0.1, 0.15) is 5.75 Å². The zero-order chi connectivity index (χ0) is 14.8. The molecule has 1 N–H and O–H groups in total. The van der Waals surface area contributed by atoms with E-state index in [1.54, 1.807) is 18.2 Å². The van der Waals surface area contributed by atoms with Crippen LogP contribution in [0, 0.1) is 0 Å². The van der Waals surface area contributed by atoms with Crippen molar-refractivity contribution in [2.75, 3.05) is 13.1 Å². The Balaban J connectivity index is 1.64. The van der Waals surface area contributed by atoms with Crippen molar-refractivity contribution in [3.8, 4) is 5.75 Å². The second-order valence-corrected chi connectivity index (χ2v) is 5.99. The second kappa shape index (κ2) is 5.93. The number of likely N-dealkylation sites (tertiary alicyclic amines) is 1. The largest absolute Gasteiger partial charge is 0.508 e. The molecular weight excluding hydrogens is 334 g/mol. The van der Waals surface area contributed by atoms with Crippen LogP contribution in [0.3, 0.4) is 0 Å². The molecule has 0 spiro atoms. The van der Waals surface area contributed by atoms with Gasteiger partial charge < -0.3 is 14.4 Å². The van der Waals surface area contributed by atoms with E-state index in [-0.39, 0.29) is 11.7 Å². The van der Waals surface area contributed by atoms with Crippen LogP contribution in [0.2, 0.25) is 0 Å². The molecular formula is C16H16BrNO3. The first kappa shape index (κ1) is 14.2. The summed E-state index contributed by atoms with van der Waals surface area (Å²) < 4.78 is 5.62. The molecule has 0 radical (unpaired) electrons. The number of benzene rings is 1. The first-order valence-corrected chi connectivity index (χ1v) is 7.75. The first-order valence-electron chi connectivity index (χ1n) is 6.96. The molecule has 1 amide bonds. The van der Waals surface area contributed by atoms with E-state index in [0.717, 1.165) is 25.9 Å². The molecule has 0 aliphatic carbocycles. The third-order valence-electron chi connectivity index (χ3n) is 4.00. The Bertz CT molecular complexity index is 627. The Morgan fingerprint density at radius 3 is 2.43 bits per heavy atom. The van der Waals surface area contributed by atoms with Gasteiger partial charge in [-0.05, 0) is 58.5 Å². The van der Waals surface area contributed by atoms with E-state index in [9.17, 15) is 9.90 Å². The quantitative estimate of drug-likeness (QED) is 0.897. The summed E-state index contributed by atoms with van der Waals surface area (Å²) in [5.74, 6) is 0.749. The zero-order valence-electron chi connectivity index (χ0n) is 11.5. The van der Waals surface area contributed by atoms with Gasteiger partial charge in [-0.2, -0.15) is 0 Å². The maximum absolute atomic E-state index is 12.4. The molecule has 0 bridgehead atoms. The molecule has 1 aliphatic heterocycles. The minimum absolute atomic E-state index is 0.0137. The third kappa shape index (κ3) is 2.97. The molecule has 2 aromatic rings. The van der Waals surface area contributed by atoms with E-state index in [1.807, 2.05) is 17.0 Å². The number of carbonyl (C=O) groups is 1. The van der Waals surface area contributed by atoms with Crippen molar-refractivity contribution in [2.24, 2.45) is 0 Å². The summed E-state index contributed by atoms with van der Waals surface area (Å²) in [6.07, 6.45) is 3.39. The van der Waals surface area contributed by atoms with E-state index >= 15 is 0 Å². The van der Waals surface area contributed by atoms with Crippen molar-refractivity contribution >= 4 is 21.8 Å². The number of rotatable bonds is 2. The number of nitrogens with zero attached hydrogens (tertiary/aromatic N) is 1. The number of phenols is 1. The van der Waals surface area contributed by atoms with Crippen LogP contribution >= 0.6 is 15.9 Å². The van der Waals surface area contributed by atoms with Gasteiger partial charge in [-0.3, -0.25) is 4.79 Å². The van der Waals surface area contributed by atoms with Gasteiger partial charge in [0.05, 0.1) is 11.8 Å². The normalized spacial score (nSPS) is 16.1. The number of carbonyl (C=O) groups excluding carboxylic acids is 1. The molecule has 2 heterocycles. The van der Waals surface area contributed by atoms with E-state index in [0.29, 0.717) is 16.2 Å². The Labute approximate surface area is 131 Å². The van der Waals surface area contributed by atoms with Gasteiger partial charge in [-0.15, -0.1) is 0 Å². The minimum atomic E-state index is 0.0137. The number of amides is 1. The Hall–Kier alpha value is -1.75. The smallest absolute Gasteiger partial charge is 0.258 e. The van der Waals surface area contributed by atoms with Gasteiger partial charge in [0.15, 0.2) is 4.67 Å². The van der Waals surface area contributed by atoms with Crippen molar-refractivity contribution in [3.05, 3.63) is 52.4 Å². The summed E-state index contributed by atoms with van der Waals surface area (Å²) >= 11 is 3.25. The SMILES string of the molecule is O=C(c1ccoc1Br)N1CCC(c2ccc(O)cc2)CC1. The maximum atomic E-state index is 12.4. The number of hydrogen-bond donors (Lipinski definition) is 1. The summed E-state index contributed by atoms with van der Waals surface area (Å²) in [5.41, 5.74) is 1.81. The number of halogens is 1. The lowest BCUT2D eigenvalue weighted by atomic mass is 9.89. The highest BCUT2D eigenvalue weighted by Crippen LogP contribution is 2.30. The summed E-state index contributed by atoms with van der Waals surface area (Å²) in [6, 6.07) is 9.05. The van der Waals surface area contributed by atoms with Gasteiger partial charge in [-0.25, -0.2) is 0 Å². The number of phenolic OH excluding ortho intramolecular Hbond substituents is 1. The molecule has 0 unspecified atom stereocenters. The van der Waals surface area contributed by atoms with Crippen molar-refractivity contribution < 1.29 is 14.3 Å². The van der Waals surface area contributed by atoms with Crippen molar-refractivity contribution in [2.45, 2.75) is 18.8 Å². The zero-order valence-corrected chi connectivity index (χ0v) is 13.0. The topological polar surface area (TPSA) is 53.7 Å². The molecule has 110 valence electrons. The van der Waals surface area contributed by atoms with Crippen molar-refractivity contribution in [3.63, 3.8) is 0 Å². The van der Waals surface area contributed by atoms with Crippen LogP contribution in [0.25, 0.3) is 0 Å². The summed E-state index contributed by atoms with van der Waals surface area (Å²) in [6.45, 7) is 1.48. The predicted octanol–water partition coefficient (Wildman–Crippen LogP) is 3.77. The van der Waals surface area contributed by atoms with Gasteiger partial charge in [0.2, 0.25) is 0 Å². The standard InChI is InChI=1S/C16H16BrNO3/c17-15-14(7-10-21-15)16(20)18-8-5-12(6-9-18)11-1-3-13(19)4-2-11/h1-4,7,10,12,19H,5-6,8-9H2. The van der Waals surface area contributed by atoms with Crippen LogP contribution in [0.4, 0.5) is 0 Å². The molecule has 1 fully saturated rings. The second-order valence-electron chi connectivity index (χ2n) is 5.27. The van der Waals surface area contributed by atoms with Crippen LogP contribution in [0.1, 0.15) is 34.7 Å².